The summed E-state index contributed by atoms with van der Waals surface area (Å²) in [5, 5.41) is 5.78. The van der Waals surface area contributed by atoms with E-state index in [0.717, 1.165) is 11.3 Å². The topological polar surface area (TPSA) is 41.1 Å². The van der Waals surface area contributed by atoms with E-state index in [1.54, 1.807) is 0 Å². The second kappa shape index (κ2) is 4.24. The molecule has 0 bridgehead atoms. The molecule has 1 heterocycles. The summed E-state index contributed by atoms with van der Waals surface area (Å²) in [7, 11) is 0. The van der Waals surface area contributed by atoms with E-state index in [1.807, 2.05) is 30.3 Å². The van der Waals surface area contributed by atoms with Crippen LogP contribution < -0.4 is 10.6 Å². The van der Waals surface area contributed by atoms with Crippen LogP contribution in [0.5, 0.6) is 0 Å². The predicted octanol–water partition coefficient (Wildman–Crippen LogP) is 2.97. The van der Waals surface area contributed by atoms with Gasteiger partial charge in [-0.2, -0.15) is 0 Å². The molecule has 0 radical (unpaired) electrons. The Labute approximate surface area is 102 Å². The van der Waals surface area contributed by atoms with Crippen molar-refractivity contribution in [2.75, 3.05) is 0 Å². The van der Waals surface area contributed by atoms with E-state index in [2.05, 4.69) is 37.5 Å². The van der Waals surface area contributed by atoms with E-state index >= 15 is 0 Å². The highest BCUT2D eigenvalue weighted by molar-refractivity contribution is 5.78. The first kappa shape index (κ1) is 11.7. The van der Waals surface area contributed by atoms with Crippen molar-refractivity contribution in [1.29, 1.82) is 0 Å². The molecule has 1 aromatic rings. The summed E-state index contributed by atoms with van der Waals surface area (Å²) < 4.78 is 0. The number of urea groups is 1. The Balaban J connectivity index is 2.33. The second-order valence-electron chi connectivity index (χ2n) is 5.32. The molecule has 2 N–H and O–H groups in total. The van der Waals surface area contributed by atoms with Crippen LogP contribution in [0.4, 0.5) is 4.79 Å². The van der Waals surface area contributed by atoms with Crippen molar-refractivity contribution >= 4 is 6.03 Å². The number of rotatable bonds is 1. The second-order valence-corrected chi connectivity index (χ2v) is 5.32. The number of carbonyl (C=O) groups excluding carboxylic acids is 1. The highest BCUT2D eigenvalue weighted by atomic mass is 16.2. The lowest BCUT2D eigenvalue weighted by molar-refractivity contribution is 0.236. The highest BCUT2D eigenvalue weighted by Gasteiger charge is 2.26. The Morgan fingerprint density at radius 1 is 1.12 bits per heavy atom. The molecule has 0 saturated heterocycles. The molecule has 0 saturated carbocycles. The van der Waals surface area contributed by atoms with Gasteiger partial charge in [0, 0.05) is 11.1 Å². The van der Waals surface area contributed by atoms with Gasteiger partial charge in [0.05, 0.1) is 6.04 Å². The summed E-state index contributed by atoms with van der Waals surface area (Å²) in [6, 6.07) is 9.80. The Hall–Kier alpha value is -1.77. The zero-order valence-electron chi connectivity index (χ0n) is 10.4. The molecule has 0 fully saturated rings. The van der Waals surface area contributed by atoms with Gasteiger partial charge in [-0.3, -0.25) is 0 Å². The Bertz CT molecular complexity index is 443. The third-order valence-electron chi connectivity index (χ3n) is 2.83. The quantitative estimate of drug-likeness (QED) is 0.765. The maximum atomic E-state index is 11.6. The van der Waals surface area contributed by atoms with Gasteiger partial charge in [-0.1, -0.05) is 51.1 Å². The van der Waals surface area contributed by atoms with E-state index in [1.165, 1.54) is 0 Å². The number of hydrogen-bond donors (Lipinski definition) is 2. The fourth-order valence-electron chi connectivity index (χ4n) is 1.83. The smallest absolute Gasteiger partial charge is 0.319 e. The van der Waals surface area contributed by atoms with Gasteiger partial charge in [0.15, 0.2) is 0 Å². The molecule has 2 rings (SSSR count). The standard InChI is InChI=1S/C14H18N2O/c1-14(2,3)12-9-11(15-13(17)16-12)10-7-5-4-6-8-10/h4-9,11H,1-3H3,(H2,15,16,17)/t11-/m1/s1. The van der Waals surface area contributed by atoms with Crippen LogP contribution in [0, 0.1) is 5.41 Å². The number of hydrogen-bond acceptors (Lipinski definition) is 1. The molecule has 1 atom stereocenters. The molecule has 1 aromatic carbocycles. The molecule has 1 aliphatic rings. The number of carbonyl (C=O) groups is 1. The minimum absolute atomic E-state index is 0.0424. The lowest BCUT2D eigenvalue weighted by Crippen LogP contribution is -2.44. The Morgan fingerprint density at radius 3 is 2.35 bits per heavy atom. The van der Waals surface area contributed by atoms with Gasteiger partial charge >= 0.3 is 6.03 Å². The summed E-state index contributed by atoms with van der Waals surface area (Å²) in [5.41, 5.74) is 2.02. The largest absolute Gasteiger partial charge is 0.327 e. The number of amides is 2. The van der Waals surface area contributed by atoms with Crippen LogP contribution in [0.3, 0.4) is 0 Å². The van der Waals surface area contributed by atoms with Gasteiger partial charge in [-0.05, 0) is 11.6 Å². The predicted molar refractivity (Wildman–Crippen MR) is 68.4 cm³/mol. The lowest BCUT2D eigenvalue weighted by Gasteiger charge is -2.31. The minimum atomic E-state index is -0.133. The molecule has 90 valence electrons. The van der Waals surface area contributed by atoms with Gasteiger partial charge < -0.3 is 10.6 Å². The van der Waals surface area contributed by atoms with Crippen LogP contribution in [-0.2, 0) is 0 Å². The maximum absolute atomic E-state index is 11.6. The monoisotopic (exact) mass is 230 g/mol. The summed E-state index contributed by atoms with van der Waals surface area (Å²) >= 11 is 0. The molecule has 1 aliphatic heterocycles. The van der Waals surface area contributed by atoms with Crippen LogP contribution >= 0.6 is 0 Å². The highest BCUT2D eigenvalue weighted by Crippen LogP contribution is 2.28. The van der Waals surface area contributed by atoms with E-state index in [-0.39, 0.29) is 17.5 Å². The number of allylic oxidation sites excluding steroid dienone is 1. The molecule has 0 aliphatic carbocycles. The molecular formula is C14H18N2O. The fourth-order valence-corrected chi connectivity index (χ4v) is 1.83. The van der Waals surface area contributed by atoms with Gasteiger partial charge in [-0.15, -0.1) is 0 Å². The van der Waals surface area contributed by atoms with Crippen molar-refractivity contribution in [2.45, 2.75) is 26.8 Å². The first-order valence-electron chi connectivity index (χ1n) is 5.81. The minimum Gasteiger partial charge on any atom is -0.327 e. The third-order valence-corrected chi connectivity index (χ3v) is 2.83. The average Bonchev–Trinajstić information content (AvgIpc) is 2.28. The van der Waals surface area contributed by atoms with Gasteiger partial charge in [-0.25, -0.2) is 4.79 Å². The van der Waals surface area contributed by atoms with E-state index < -0.39 is 0 Å². The molecule has 17 heavy (non-hydrogen) atoms. The van der Waals surface area contributed by atoms with E-state index in [4.69, 9.17) is 0 Å². The van der Waals surface area contributed by atoms with Crippen molar-refractivity contribution in [3.63, 3.8) is 0 Å². The summed E-state index contributed by atoms with van der Waals surface area (Å²) in [4.78, 5) is 11.6. The lowest BCUT2D eigenvalue weighted by atomic mass is 9.89. The van der Waals surface area contributed by atoms with Crippen LogP contribution in [-0.4, -0.2) is 6.03 Å². The van der Waals surface area contributed by atoms with Crippen molar-refractivity contribution in [3.05, 3.63) is 47.7 Å². The first-order valence-corrected chi connectivity index (χ1v) is 5.81. The van der Waals surface area contributed by atoms with Gasteiger partial charge in [0.1, 0.15) is 0 Å². The Kier molecular flexibility index (Phi) is 2.92. The number of benzene rings is 1. The third kappa shape index (κ3) is 2.67. The van der Waals surface area contributed by atoms with Crippen LogP contribution in [0.2, 0.25) is 0 Å². The van der Waals surface area contributed by atoms with Crippen molar-refractivity contribution in [2.24, 2.45) is 5.41 Å². The zero-order chi connectivity index (χ0) is 12.5. The summed E-state index contributed by atoms with van der Waals surface area (Å²) in [6.07, 6.45) is 2.08. The van der Waals surface area contributed by atoms with Crippen LogP contribution in [0.25, 0.3) is 0 Å². The van der Waals surface area contributed by atoms with E-state index in [0.29, 0.717) is 0 Å². The number of nitrogens with one attached hydrogen (secondary N) is 2. The fraction of sp³-hybridized carbons (Fsp3) is 0.357. The molecular weight excluding hydrogens is 212 g/mol. The molecule has 3 heteroatoms. The van der Waals surface area contributed by atoms with Crippen molar-refractivity contribution in [3.8, 4) is 0 Å². The molecule has 2 amide bonds. The molecule has 0 aromatic heterocycles. The first-order chi connectivity index (χ1) is 7.97. The van der Waals surface area contributed by atoms with Crippen molar-refractivity contribution in [1.82, 2.24) is 10.6 Å². The summed E-state index contributed by atoms with van der Waals surface area (Å²) in [6.45, 7) is 6.27. The van der Waals surface area contributed by atoms with Crippen molar-refractivity contribution < 1.29 is 4.79 Å². The molecule has 0 spiro atoms. The van der Waals surface area contributed by atoms with E-state index in [9.17, 15) is 4.79 Å². The Morgan fingerprint density at radius 2 is 1.76 bits per heavy atom. The zero-order valence-corrected chi connectivity index (χ0v) is 10.4. The summed E-state index contributed by atoms with van der Waals surface area (Å²) in [5.74, 6) is 0. The van der Waals surface area contributed by atoms with Crippen LogP contribution in [0.1, 0.15) is 32.4 Å². The normalized spacial score (nSPS) is 20.3. The average molecular weight is 230 g/mol. The van der Waals surface area contributed by atoms with Crippen LogP contribution in [0.15, 0.2) is 42.1 Å². The van der Waals surface area contributed by atoms with Gasteiger partial charge in [0.2, 0.25) is 0 Å². The molecule has 0 unspecified atom stereocenters. The SMILES string of the molecule is CC(C)(C)C1=C[C@H](c2ccccc2)NC(=O)N1. The maximum Gasteiger partial charge on any atom is 0.319 e. The molecule has 3 nitrogen and oxygen atoms in total. The van der Waals surface area contributed by atoms with Gasteiger partial charge in [0.25, 0.3) is 0 Å².